The normalized spacial score (nSPS) is 25.1. The lowest BCUT2D eigenvalue weighted by Gasteiger charge is -2.36. The van der Waals surface area contributed by atoms with Gasteiger partial charge in [-0.15, -0.1) is 6.58 Å². The molecule has 0 bridgehead atoms. The molecular weight excluding hydrogens is 200 g/mol. The molecule has 1 amide bonds. The molecule has 1 rings (SSSR count). The van der Waals surface area contributed by atoms with Crippen molar-refractivity contribution in [1.82, 2.24) is 10.2 Å². The zero-order chi connectivity index (χ0) is 12.0. The number of nitrogens with zero attached hydrogens (tertiary/aromatic N) is 1. The maximum atomic E-state index is 12.3. The average molecular weight is 224 g/mol. The van der Waals surface area contributed by atoms with Crippen LogP contribution >= 0.6 is 0 Å². The van der Waals surface area contributed by atoms with Crippen LogP contribution in [-0.2, 0) is 4.79 Å². The number of piperidine rings is 1. The molecule has 0 aromatic rings. The van der Waals surface area contributed by atoms with Gasteiger partial charge in [0.2, 0.25) is 5.91 Å². The number of allylic oxidation sites excluding steroid dienone is 1. The first-order chi connectivity index (χ1) is 7.60. The highest BCUT2D eigenvalue weighted by Gasteiger charge is 2.35. The van der Waals surface area contributed by atoms with Gasteiger partial charge in [-0.1, -0.05) is 6.08 Å². The molecular formula is C13H24N2O. The number of unbranched alkanes of at least 4 members (excludes halogenated alkanes) is 1. The van der Waals surface area contributed by atoms with E-state index in [9.17, 15) is 4.79 Å². The van der Waals surface area contributed by atoms with Gasteiger partial charge < -0.3 is 10.2 Å². The Hall–Kier alpha value is -0.830. The molecule has 1 aliphatic rings. The van der Waals surface area contributed by atoms with Gasteiger partial charge >= 0.3 is 0 Å². The summed E-state index contributed by atoms with van der Waals surface area (Å²) in [7, 11) is 1.90. The van der Waals surface area contributed by atoms with Crippen LogP contribution in [0.25, 0.3) is 0 Å². The van der Waals surface area contributed by atoms with Crippen molar-refractivity contribution >= 4 is 5.91 Å². The molecule has 0 radical (unpaired) electrons. The Balaban J connectivity index is 2.44. The van der Waals surface area contributed by atoms with Crippen LogP contribution in [0.15, 0.2) is 12.7 Å². The number of carbonyl (C=O) groups excluding carboxylic acids is 1. The van der Waals surface area contributed by atoms with E-state index in [0.29, 0.717) is 0 Å². The van der Waals surface area contributed by atoms with Crippen LogP contribution in [-0.4, -0.2) is 36.5 Å². The van der Waals surface area contributed by atoms with Crippen LogP contribution in [0, 0.1) is 0 Å². The molecule has 0 aromatic heterocycles. The Kier molecular flexibility index (Phi) is 5.00. The van der Waals surface area contributed by atoms with Gasteiger partial charge in [0, 0.05) is 13.6 Å². The van der Waals surface area contributed by atoms with E-state index in [1.807, 2.05) is 24.9 Å². The van der Waals surface area contributed by atoms with E-state index in [4.69, 9.17) is 0 Å². The van der Waals surface area contributed by atoms with Crippen molar-refractivity contribution in [3.05, 3.63) is 12.7 Å². The third-order valence-electron chi connectivity index (χ3n) is 3.34. The molecule has 0 aromatic carbocycles. The van der Waals surface area contributed by atoms with Gasteiger partial charge in [-0.25, -0.2) is 0 Å². The lowest BCUT2D eigenvalue weighted by Crippen LogP contribution is -2.57. The van der Waals surface area contributed by atoms with E-state index in [1.165, 1.54) is 6.42 Å². The van der Waals surface area contributed by atoms with E-state index < -0.39 is 0 Å². The predicted octanol–water partition coefficient (Wildman–Crippen LogP) is 1.94. The molecule has 0 aliphatic carbocycles. The molecule has 3 nitrogen and oxygen atoms in total. The lowest BCUT2D eigenvalue weighted by molar-refractivity contribution is -0.137. The summed E-state index contributed by atoms with van der Waals surface area (Å²) < 4.78 is 0. The van der Waals surface area contributed by atoms with Gasteiger partial charge in [-0.2, -0.15) is 0 Å². The first-order valence-electron chi connectivity index (χ1n) is 6.21. The molecule has 1 fully saturated rings. The quantitative estimate of drug-likeness (QED) is 0.572. The summed E-state index contributed by atoms with van der Waals surface area (Å²) in [4.78, 5) is 14.1. The highest BCUT2D eigenvalue weighted by Crippen LogP contribution is 2.20. The lowest BCUT2D eigenvalue weighted by atomic mass is 9.89. The highest BCUT2D eigenvalue weighted by atomic mass is 16.2. The van der Waals surface area contributed by atoms with Crippen LogP contribution in [0.1, 0.15) is 39.0 Å². The second-order valence-electron chi connectivity index (χ2n) is 4.87. The van der Waals surface area contributed by atoms with Crippen LogP contribution < -0.4 is 5.32 Å². The number of nitrogens with one attached hydrogen (secondary N) is 1. The van der Waals surface area contributed by atoms with Crippen molar-refractivity contribution in [3.8, 4) is 0 Å². The third-order valence-corrected chi connectivity index (χ3v) is 3.34. The van der Waals surface area contributed by atoms with Gasteiger partial charge in [-0.3, -0.25) is 4.79 Å². The Morgan fingerprint density at radius 2 is 2.31 bits per heavy atom. The SMILES string of the molecule is C=CCCCN(C)C(=O)C1(C)CCCCN1. The molecule has 1 atom stereocenters. The summed E-state index contributed by atoms with van der Waals surface area (Å²) in [6, 6.07) is 0. The second-order valence-corrected chi connectivity index (χ2v) is 4.87. The number of carbonyl (C=O) groups is 1. The summed E-state index contributed by atoms with van der Waals surface area (Å²) in [5.41, 5.74) is -0.332. The molecule has 3 heteroatoms. The minimum atomic E-state index is -0.332. The molecule has 1 heterocycles. The molecule has 16 heavy (non-hydrogen) atoms. The molecule has 1 unspecified atom stereocenters. The average Bonchev–Trinajstić information content (AvgIpc) is 2.29. The third kappa shape index (κ3) is 3.34. The highest BCUT2D eigenvalue weighted by molar-refractivity contribution is 5.85. The van der Waals surface area contributed by atoms with E-state index in [2.05, 4.69) is 11.9 Å². The van der Waals surface area contributed by atoms with Crippen LogP contribution in [0.3, 0.4) is 0 Å². The van der Waals surface area contributed by atoms with Gasteiger partial charge in [0.05, 0.1) is 5.54 Å². The summed E-state index contributed by atoms with van der Waals surface area (Å²) in [6.07, 6.45) is 7.17. The maximum absolute atomic E-state index is 12.3. The summed E-state index contributed by atoms with van der Waals surface area (Å²) in [6.45, 7) is 7.50. The maximum Gasteiger partial charge on any atom is 0.242 e. The standard InChI is InChI=1S/C13H24N2O/c1-4-5-8-11-15(3)12(16)13(2)9-6-7-10-14-13/h4,14H,1,5-11H2,2-3H3. The minimum Gasteiger partial charge on any atom is -0.344 e. The number of rotatable bonds is 5. The monoisotopic (exact) mass is 224 g/mol. The first-order valence-corrected chi connectivity index (χ1v) is 6.21. The summed E-state index contributed by atoms with van der Waals surface area (Å²) in [5.74, 6) is 0.233. The van der Waals surface area contributed by atoms with E-state index in [0.717, 1.165) is 38.8 Å². The summed E-state index contributed by atoms with van der Waals surface area (Å²) >= 11 is 0. The van der Waals surface area contributed by atoms with Gasteiger partial charge in [-0.05, 0) is 45.6 Å². The van der Waals surface area contributed by atoms with Crippen molar-refractivity contribution in [3.63, 3.8) is 0 Å². The molecule has 92 valence electrons. The minimum absolute atomic E-state index is 0.233. The van der Waals surface area contributed by atoms with E-state index in [-0.39, 0.29) is 11.4 Å². The number of hydrogen-bond acceptors (Lipinski definition) is 2. The van der Waals surface area contributed by atoms with E-state index in [1.54, 1.807) is 0 Å². The predicted molar refractivity (Wildman–Crippen MR) is 67.3 cm³/mol. The van der Waals surface area contributed by atoms with Crippen molar-refractivity contribution in [2.75, 3.05) is 20.1 Å². The number of amides is 1. The Bertz CT molecular complexity index is 244. The molecule has 0 saturated carbocycles. The zero-order valence-electron chi connectivity index (χ0n) is 10.6. The fraction of sp³-hybridized carbons (Fsp3) is 0.769. The number of hydrogen-bond donors (Lipinski definition) is 1. The van der Waals surface area contributed by atoms with Gasteiger partial charge in [0.1, 0.15) is 0 Å². The summed E-state index contributed by atoms with van der Waals surface area (Å²) in [5, 5.41) is 3.36. The smallest absolute Gasteiger partial charge is 0.242 e. The molecule has 1 saturated heterocycles. The second kappa shape index (κ2) is 6.04. The van der Waals surface area contributed by atoms with Crippen LogP contribution in [0.2, 0.25) is 0 Å². The number of likely N-dealkylation sites (N-methyl/N-ethyl adjacent to an activating group) is 1. The Morgan fingerprint density at radius 1 is 1.56 bits per heavy atom. The van der Waals surface area contributed by atoms with Gasteiger partial charge in [0.15, 0.2) is 0 Å². The molecule has 0 spiro atoms. The van der Waals surface area contributed by atoms with Crippen LogP contribution in [0.5, 0.6) is 0 Å². The first kappa shape index (κ1) is 13.2. The fourth-order valence-electron chi connectivity index (χ4n) is 2.23. The van der Waals surface area contributed by atoms with Crippen molar-refractivity contribution in [1.29, 1.82) is 0 Å². The topological polar surface area (TPSA) is 32.3 Å². The van der Waals surface area contributed by atoms with E-state index >= 15 is 0 Å². The molecule has 1 N–H and O–H groups in total. The zero-order valence-corrected chi connectivity index (χ0v) is 10.6. The fourth-order valence-corrected chi connectivity index (χ4v) is 2.23. The van der Waals surface area contributed by atoms with Gasteiger partial charge in [0.25, 0.3) is 0 Å². The van der Waals surface area contributed by atoms with Crippen molar-refractivity contribution in [2.45, 2.75) is 44.6 Å². The largest absolute Gasteiger partial charge is 0.344 e. The van der Waals surface area contributed by atoms with Crippen molar-refractivity contribution in [2.24, 2.45) is 0 Å². The Labute approximate surface area is 98.9 Å². The Morgan fingerprint density at radius 3 is 2.88 bits per heavy atom. The van der Waals surface area contributed by atoms with Crippen LogP contribution in [0.4, 0.5) is 0 Å². The van der Waals surface area contributed by atoms with Crippen molar-refractivity contribution < 1.29 is 4.79 Å². The molecule has 1 aliphatic heterocycles.